The van der Waals surface area contributed by atoms with Gasteiger partial charge < -0.3 is 5.32 Å². The van der Waals surface area contributed by atoms with Crippen molar-refractivity contribution in [3.8, 4) is 0 Å². The topological polar surface area (TPSA) is 72.2 Å². The summed E-state index contributed by atoms with van der Waals surface area (Å²) >= 11 is 6.03. The first-order chi connectivity index (χ1) is 10.5. The number of non-ortho nitro benzene ring substituents is 1. The van der Waals surface area contributed by atoms with Gasteiger partial charge in [0.05, 0.1) is 15.6 Å². The van der Waals surface area contributed by atoms with E-state index in [-0.39, 0.29) is 11.6 Å². The molecule has 2 aromatic carbocycles. The van der Waals surface area contributed by atoms with Crippen LogP contribution in [0.4, 0.5) is 11.4 Å². The van der Waals surface area contributed by atoms with Crippen LogP contribution < -0.4 is 5.32 Å². The number of nitrogens with zero attached hydrogens (tertiary/aromatic N) is 1. The van der Waals surface area contributed by atoms with E-state index < -0.39 is 4.92 Å². The molecular formula is C16H13ClN2O3. The predicted octanol–water partition coefficient (Wildman–Crippen LogP) is 4.21. The van der Waals surface area contributed by atoms with Crippen molar-refractivity contribution < 1.29 is 9.72 Å². The number of nitrogens with one attached hydrogen (secondary N) is 1. The lowest BCUT2D eigenvalue weighted by Gasteiger charge is -2.05. The van der Waals surface area contributed by atoms with Gasteiger partial charge >= 0.3 is 0 Å². The zero-order valence-corrected chi connectivity index (χ0v) is 12.5. The second kappa shape index (κ2) is 6.87. The van der Waals surface area contributed by atoms with Crippen molar-refractivity contribution in [3.05, 3.63) is 74.8 Å². The van der Waals surface area contributed by atoms with E-state index in [2.05, 4.69) is 5.32 Å². The largest absolute Gasteiger partial charge is 0.321 e. The molecule has 0 saturated carbocycles. The van der Waals surface area contributed by atoms with Gasteiger partial charge in [-0.25, -0.2) is 0 Å². The number of benzene rings is 2. The van der Waals surface area contributed by atoms with Crippen LogP contribution in [0.5, 0.6) is 0 Å². The molecule has 0 aliphatic rings. The maximum atomic E-state index is 11.9. The van der Waals surface area contributed by atoms with Crippen LogP contribution in [-0.4, -0.2) is 10.8 Å². The van der Waals surface area contributed by atoms with Crippen LogP contribution in [0.3, 0.4) is 0 Å². The second-order valence-corrected chi connectivity index (χ2v) is 5.07. The summed E-state index contributed by atoms with van der Waals surface area (Å²) in [5.41, 5.74) is 2.06. The Kier molecular flexibility index (Phi) is 4.91. The third-order valence-corrected chi connectivity index (χ3v) is 3.20. The molecule has 0 unspecified atom stereocenters. The molecule has 112 valence electrons. The molecular weight excluding hydrogens is 304 g/mol. The van der Waals surface area contributed by atoms with E-state index in [0.29, 0.717) is 16.3 Å². The van der Waals surface area contributed by atoms with Gasteiger partial charge in [-0.1, -0.05) is 29.8 Å². The van der Waals surface area contributed by atoms with E-state index >= 15 is 0 Å². The molecule has 6 heteroatoms. The first-order valence-corrected chi connectivity index (χ1v) is 6.83. The van der Waals surface area contributed by atoms with Gasteiger partial charge in [0.15, 0.2) is 0 Å². The number of carbonyl (C=O) groups excluding carboxylic acids is 1. The molecule has 0 aliphatic carbocycles. The van der Waals surface area contributed by atoms with Crippen LogP contribution in [0.15, 0.2) is 48.5 Å². The molecule has 1 amide bonds. The second-order valence-electron chi connectivity index (χ2n) is 4.66. The first-order valence-electron chi connectivity index (χ1n) is 6.45. The number of hydrogen-bond acceptors (Lipinski definition) is 3. The monoisotopic (exact) mass is 316 g/mol. The Morgan fingerprint density at radius 3 is 2.73 bits per heavy atom. The highest BCUT2D eigenvalue weighted by Crippen LogP contribution is 2.22. The van der Waals surface area contributed by atoms with E-state index in [0.717, 1.165) is 5.56 Å². The van der Waals surface area contributed by atoms with E-state index in [1.54, 1.807) is 24.3 Å². The van der Waals surface area contributed by atoms with E-state index in [1.807, 2.05) is 13.0 Å². The van der Waals surface area contributed by atoms with Crippen molar-refractivity contribution in [1.82, 2.24) is 0 Å². The lowest BCUT2D eigenvalue weighted by Crippen LogP contribution is -2.08. The fourth-order valence-electron chi connectivity index (χ4n) is 1.81. The van der Waals surface area contributed by atoms with Gasteiger partial charge in [-0.05, 0) is 36.3 Å². The number of carbonyl (C=O) groups is 1. The fourth-order valence-corrected chi connectivity index (χ4v) is 2.09. The van der Waals surface area contributed by atoms with E-state index in [1.165, 1.54) is 24.3 Å². The minimum absolute atomic E-state index is 0.0239. The molecule has 0 bridgehead atoms. The van der Waals surface area contributed by atoms with Crippen molar-refractivity contribution in [2.75, 3.05) is 5.32 Å². The minimum atomic E-state index is -0.483. The van der Waals surface area contributed by atoms with Crippen molar-refractivity contribution in [3.63, 3.8) is 0 Å². The SMILES string of the molecule is Cc1ccc(NC(=O)/C=C/c2cccc([N+](=O)[O-])c2)c(Cl)c1. The Bertz CT molecular complexity index is 757. The maximum absolute atomic E-state index is 11.9. The van der Waals surface area contributed by atoms with Crippen molar-refractivity contribution in [1.29, 1.82) is 0 Å². The number of rotatable bonds is 4. The Morgan fingerprint density at radius 1 is 1.27 bits per heavy atom. The zero-order chi connectivity index (χ0) is 16.1. The molecule has 0 aromatic heterocycles. The number of hydrogen-bond donors (Lipinski definition) is 1. The van der Waals surface area contributed by atoms with Gasteiger partial charge in [0.2, 0.25) is 5.91 Å². The van der Waals surface area contributed by atoms with Gasteiger partial charge in [-0.3, -0.25) is 14.9 Å². The summed E-state index contributed by atoms with van der Waals surface area (Å²) in [4.78, 5) is 22.1. The van der Waals surface area contributed by atoms with Crippen LogP contribution in [0.1, 0.15) is 11.1 Å². The normalized spacial score (nSPS) is 10.6. The quantitative estimate of drug-likeness (QED) is 0.521. The standard InChI is InChI=1S/C16H13ClN2O3/c1-11-5-7-15(14(17)9-11)18-16(20)8-6-12-3-2-4-13(10-12)19(21)22/h2-10H,1H3,(H,18,20)/b8-6+. The summed E-state index contributed by atoms with van der Waals surface area (Å²) in [6, 6.07) is 11.3. The number of amides is 1. The molecule has 2 aromatic rings. The third kappa shape index (κ3) is 4.17. The molecule has 0 spiro atoms. The number of nitro benzene ring substituents is 1. The van der Waals surface area contributed by atoms with Crippen LogP contribution in [0.25, 0.3) is 6.08 Å². The van der Waals surface area contributed by atoms with Crippen molar-refractivity contribution in [2.24, 2.45) is 0 Å². The number of anilines is 1. The molecule has 5 nitrogen and oxygen atoms in total. The summed E-state index contributed by atoms with van der Waals surface area (Å²) in [5, 5.41) is 13.8. The fraction of sp³-hybridized carbons (Fsp3) is 0.0625. The molecule has 0 radical (unpaired) electrons. The molecule has 0 heterocycles. The highest BCUT2D eigenvalue weighted by Gasteiger charge is 2.05. The number of aryl methyl sites for hydroxylation is 1. The maximum Gasteiger partial charge on any atom is 0.270 e. The van der Waals surface area contributed by atoms with Crippen LogP contribution in [-0.2, 0) is 4.79 Å². The Morgan fingerprint density at radius 2 is 2.05 bits per heavy atom. The highest BCUT2D eigenvalue weighted by molar-refractivity contribution is 6.33. The lowest BCUT2D eigenvalue weighted by molar-refractivity contribution is -0.384. The van der Waals surface area contributed by atoms with E-state index in [4.69, 9.17) is 11.6 Å². The van der Waals surface area contributed by atoms with Gasteiger partial charge in [-0.2, -0.15) is 0 Å². The lowest BCUT2D eigenvalue weighted by atomic mass is 10.2. The summed E-state index contributed by atoms with van der Waals surface area (Å²) in [7, 11) is 0. The Labute approximate surface area is 132 Å². The minimum Gasteiger partial charge on any atom is -0.321 e. The molecule has 0 aliphatic heterocycles. The van der Waals surface area contributed by atoms with Gasteiger partial charge in [0.25, 0.3) is 5.69 Å². The number of halogens is 1. The average Bonchev–Trinajstić information content (AvgIpc) is 2.48. The summed E-state index contributed by atoms with van der Waals surface area (Å²) in [6.07, 6.45) is 2.81. The Balaban J connectivity index is 2.08. The van der Waals surface area contributed by atoms with Crippen molar-refractivity contribution in [2.45, 2.75) is 6.92 Å². The smallest absolute Gasteiger partial charge is 0.270 e. The summed E-state index contributed by atoms with van der Waals surface area (Å²) in [6.45, 7) is 1.90. The zero-order valence-electron chi connectivity index (χ0n) is 11.7. The third-order valence-electron chi connectivity index (χ3n) is 2.89. The molecule has 1 N–H and O–H groups in total. The molecule has 0 atom stereocenters. The molecule has 0 fully saturated rings. The Hall–Kier alpha value is -2.66. The summed E-state index contributed by atoms with van der Waals surface area (Å²) < 4.78 is 0. The average molecular weight is 317 g/mol. The van der Waals surface area contributed by atoms with Gasteiger partial charge in [0, 0.05) is 18.2 Å². The van der Waals surface area contributed by atoms with Gasteiger partial charge in [0.1, 0.15) is 0 Å². The van der Waals surface area contributed by atoms with Gasteiger partial charge in [-0.15, -0.1) is 0 Å². The summed E-state index contributed by atoms with van der Waals surface area (Å²) in [5.74, 6) is -0.364. The number of nitro groups is 1. The first kappa shape index (κ1) is 15.7. The van der Waals surface area contributed by atoms with Crippen molar-refractivity contribution >= 4 is 35.0 Å². The molecule has 2 rings (SSSR count). The highest BCUT2D eigenvalue weighted by atomic mass is 35.5. The van der Waals surface area contributed by atoms with Crippen LogP contribution >= 0.6 is 11.6 Å². The van der Waals surface area contributed by atoms with Crippen LogP contribution in [0.2, 0.25) is 5.02 Å². The molecule has 22 heavy (non-hydrogen) atoms. The molecule has 0 saturated heterocycles. The van der Waals surface area contributed by atoms with E-state index in [9.17, 15) is 14.9 Å². The predicted molar refractivity (Wildman–Crippen MR) is 86.9 cm³/mol. The van der Waals surface area contributed by atoms with Crippen LogP contribution in [0, 0.1) is 17.0 Å².